The maximum atomic E-state index is 11.5. The molecule has 3 nitrogen and oxygen atoms in total. The van der Waals surface area contributed by atoms with Crippen LogP contribution in [-0.2, 0) is 14.3 Å². The van der Waals surface area contributed by atoms with Crippen LogP contribution in [0.15, 0.2) is 0 Å². The molecule has 1 aliphatic rings. The minimum Gasteiger partial charge on any atom is -0.460 e. The quantitative estimate of drug-likeness (QED) is 0.678. The third kappa shape index (κ3) is 5.50. The van der Waals surface area contributed by atoms with E-state index in [0.29, 0.717) is 12.5 Å². The number of hydrogen-bond donors (Lipinski definition) is 0. The molecule has 0 heterocycles. The molecule has 1 atom stereocenters. The first-order valence-electron chi connectivity index (χ1n) is 6.24. The van der Waals surface area contributed by atoms with Crippen molar-refractivity contribution in [1.82, 2.24) is 0 Å². The Labute approximate surface area is 98.5 Å². The van der Waals surface area contributed by atoms with E-state index in [0.717, 1.165) is 6.42 Å². The topological polar surface area (TPSA) is 35.5 Å². The van der Waals surface area contributed by atoms with Crippen molar-refractivity contribution in [3.05, 3.63) is 0 Å². The Morgan fingerprint density at radius 3 is 2.44 bits per heavy atom. The van der Waals surface area contributed by atoms with Crippen molar-refractivity contribution < 1.29 is 14.3 Å². The van der Waals surface area contributed by atoms with Crippen molar-refractivity contribution in [1.29, 1.82) is 0 Å². The Morgan fingerprint density at radius 1 is 1.38 bits per heavy atom. The number of ether oxygens (including phenoxy) is 2. The molecule has 0 N–H and O–H groups in total. The van der Waals surface area contributed by atoms with E-state index in [4.69, 9.17) is 9.47 Å². The summed E-state index contributed by atoms with van der Waals surface area (Å²) >= 11 is 0. The van der Waals surface area contributed by atoms with Gasteiger partial charge in [-0.2, -0.15) is 0 Å². The second kappa shape index (κ2) is 5.67. The lowest BCUT2D eigenvalue weighted by atomic mass is 9.96. The molecule has 1 fully saturated rings. The molecule has 16 heavy (non-hydrogen) atoms. The molecule has 0 spiro atoms. The summed E-state index contributed by atoms with van der Waals surface area (Å²) in [5.74, 6) is -0.128. The van der Waals surface area contributed by atoms with E-state index in [-0.39, 0.29) is 17.7 Å². The van der Waals surface area contributed by atoms with E-state index in [9.17, 15) is 4.79 Å². The van der Waals surface area contributed by atoms with E-state index in [2.05, 4.69) is 0 Å². The third-order valence-electron chi connectivity index (χ3n) is 2.65. The van der Waals surface area contributed by atoms with Gasteiger partial charge in [0.15, 0.2) is 0 Å². The van der Waals surface area contributed by atoms with Crippen molar-refractivity contribution in [2.45, 2.75) is 77.6 Å². The zero-order chi connectivity index (χ0) is 12.2. The summed E-state index contributed by atoms with van der Waals surface area (Å²) < 4.78 is 11.0. The summed E-state index contributed by atoms with van der Waals surface area (Å²) in [5.41, 5.74) is -0.380. The summed E-state index contributed by atoms with van der Waals surface area (Å²) in [6, 6.07) is 0. The van der Waals surface area contributed by atoms with Crippen LogP contribution in [0.2, 0.25) is 0 Å². The van der Waals surface area contributed by atoms with Gasteiger partial charge in [0, 0.05) is 6.42 Å². The first-order chi connectivity index (χ1) is 7.37. The van der Waals surface area contributed by atoms with Gasteiger partial charge < -0.3 is 9.47 Å². The molecule has 3 heteroatoms. The Kier molecular flexibility index (Phi) is 4.78. The zero-order valence-corrected chi connectivity index (χ0v) is 10.9. The normalized spacial score (nSPS) is 19.0. The number of rotatable bonds is 5. The van der Waals surface area contributed by atoms with Crippen molar-refractivity contribution in [2.75, 3.05) is 0 Å². The lowest BCUT2D eigenvalue weighted by molar-refractivity contribution is -0.156. The van der Waals surface area contributed by atoms with Crippen molar-refractivity contribution in [3.8, 4) is 0 Å². The SMILES string of the molecule is CC(CCC(=O)OC(C)(C)C)OC1CCC1. The van der Waals surface area contributed by atoms with Gasteiger partial charge in [-0.05, 0) is 53.4 Å². The van der Waals surface area contributed by atoms with Gasteiger partial charge >= 0.3 is 5.97 Å². The highest BCUT2D eigenvalue weighted by Crippen LogP contribution is 2.24. The minimum atomic E-state index is -0.380. The predicted molar refractivity (Wildman–Crippen MR) is 63.3 cm³/mol. The Hall–Kier alpha value is -0.570. The summed E-state index contributed by atoms with van der Waals surface area (Å²) in [5, 5.41) is 0. The smallest absolute Gasteiger partial charge is 0.306 e. The van der Waals surface area contributed by atoms with Crippen LogP contribution in [0.4, 0.5) is 0 Å². The van der Waals surface area contributed by atoms with Gasteiger partial charge in [-0.1, -0.05) is 0 Å². The molecular formula is C13H24O3. The lowest BCUT2D eigenvalue weighted by Gasteiger charge is -2.29. The molecule has 0 saturated heterocycles. The van der Waals surface area contributed by atoms with E-state index in [1.54, 1.807) is 0 Å². The zero-order valence-electron chi connectivity index (χ0n) is 10.9. The minimum absolute atomic E-state index is 0.128. The van der Waals surface area contributed by atoms with E-state index >= 15 is 0 Å². The molecule has 0 aliphatic heterocycles. The van der Waals surface area contributed by atoms with Gasteiger partial charge in [0.1, 0.15) is 5.60 Å². The highest BCUT2D eigenvalue weighted by atomic mass is 16.6. The highest BCUT2D eigenvalue weighted by molar-refractivity contribution is 5.69. The monoisotopic (exact) mass is 228 g/mol. The molecule has 1 rings (SSSR count). The second-order valence-corrected chi connectivity index (χ2v) is 5.62. The third-order valence-corrected chi connectivity index (χ3v) is 2.65. The van der Waals surface area contributed by atoms with Gasteiger partial charge in [-0.15, -0.1) is 0 Å². The summed E-state index contributed by atoms with van der Waals surface area (Å²) in [6.45, 7) is 7.69. The molecule has 0 aromatic carbocycles. The number of hydrogen-bond acceptors (Lipinski definition) is 3. The number of carbonyl (C=O) groups excluding carboxylic acids is 1. The van der Waals surface area contributed by atoms with Crippen LogP contribution in [0.3, 0.4) is 0 Å². The van der Waals surface area contributed by atoms with Gasteiger partial charge in [0.25, 0.3) is 0 Å². The maximum Gasteiger partial charge on any atom is 0.306 e. The fraction of sp³-hybridized carbons (Fsp3) is 0.923. The molecule has 0 radical (unpaired) electrons. The van der Waals surface area contributed by atoms with Gasteiger partial charge in [0.05, 0.1) is 12.2 Å². The summed E-state index contributed by atoms with van der Waals surface area (Å²) in [7, 11) is 0. The number of carbonyl (C=O) groups is 1. The van der Waals surface area contributed by atoms with Crippen molar-refractivity contribution in [2.24, 2.45) is 0 Å². The Morgan fingerprint density at radius 2 is 2.00 bits per heavy atom. The fourth-order valence-electron chi connectivity index (χ4n) is 1.62. The second-order valence-electron chi connectivity index (χ2n) is 5.62. The van der Waals surface area contributed by atoms with Crippen LogP contribution in [0.5, 0.6) is 0 Å². The van der Waals surface area contributed by atoms with E-state index in [1.807, 2.05) is 27.7 Å². The van der Waals surface area contributed by atoms with E-state index in [1.165, 1.54) is 19.3 Å². The Balaban J connectivity index is 2.10. The van der Waals surface area contributed by atoms with Crippen molar-refractivity contribution in [3.63, 3.8) is 0 Å². The first-order valence-corrected chi connectivity index (χ1v) is 6.24. The molecule has 0 aromatic rings. The van der Waals surface area contributed by atoms with Gasteiger partial charge in [0.2, 0.25) is 0 Å². The molecule has 0 amide bonds. The van der Waals surface area contributed by atoms with Crippen LogP contribution >= 0.6 is 0 Å². The average Bonchev–Trinajstić information content (AvgIpc) is 2.05. The van der Waals surface area contributed by atoms with Crippen LogP contribution in [-0.4, -0.2) is 23.8 Å². The molecular weight excluding hydrogens is 204 g/mol. The average molecular weight is 228 g/mol. The van der Waals surface area contributed by atoms with Crippen LogP contribution < -0.4 is 0 Å². The van der Waals surface area contributed by atoms with Crippen molar-refractivity contribution >= 4 is 5.97 Å². The van der Waals surface area contributed by atoms with Crippen LogP contribution in [0.1, 0.15) is 59.8 Å². The van der Waals surface area contributed by atoms with Gasteiger partial charge in [-0.25, -0.2) is 0 Å². The molecule has 1 unspecified atom stereocenters. The standard InChI is InChI=1S/C13H24O3/c1-10(15-11-6-5-7-11)8-9-12(14)16-13(2,3)4/h10-11H,5-9H2,1-4H3. The van der Waals surface area contributed by atoms with Crippen LogP contribution in [0, 0.1) is 0 Å². The largest absolute Gasteiger partial charge is 0.460 e. The molecule has 0 aromatic heterocycles. The van der Waals surface area contributed by atoms with E-state index < -0.39 is 0 Å². The van der Waals surface area contributed by atoms with Gasteiger partial charge in [-0.3, -0.25) is 4.79 Å². The maximum absolute atomic E-state index is 11.5. The lowest BCUT2D eigenvalue weighted by Crippen LogP contribution is -2.28. The van der Waals surface area contributed by atoms with Crippen LogP contribution in [0.25, 0.3) is 0 Å². The predicted octanol–water partition coefficient (Wildman–Crippen LogP) is 3.07. The molecule has 94 valence electrons. The fourth-order valence-corrected chi connectivity index (χ4v) is 1.62. The molecule has 1 saturated carbocycles. The first kappa shape index (κ1) is 13.5. The Bertz CT molecular complexity index is 226. The highest BCUT2D eigenvalue weighted by Gasteiger charge is 2.21. The number of esters is 1. The molecule has 0 bridgehead atoms. The summed E-state index contributed by atoms with van der Waals surface area (Å²) in [4.78, 5) is 11.5. The summed E-state index contributed by atoms with van der Waals surface area (Å²) in [6.07, 6.45) is 5.44. The molecule has 1 aliphatic carbocycles.